The summed E-state index contributed by atoms with van der Waals surface area (Å²) in [4.78, 5) is 113. The van der Waals surface area contributed by atoms with Crippen molar-refractivity contribution in [1.82, 2.24) is 107 Å². The number of likely N-dealkylation sites (tertiary alicyclic amines) is 1. The van der Waals surface area contributed by atoms with Crippen LogP contribution < -0.4 is 47.6 Å². The van der Waals surface area contributed by atoms with Crippen molar-refractivity contribution in [2.75, 3.05) is 126 Å². The maximum absolute atomic E-state index is 15.3. The first-order valence-corrected chi connectivity index (χ1v) is 51.6. The van der Waals surface area contributed by atoms with Gasteiger partial charge in [0.1, 0.15) is 46.0 Å². The molecule has 4 aliphatic heterocycles. The predicted molar refractivity (Wildman–Crippen MR) is 559 cm³/mol. The number of piperidine rings is 2. The van der Waals surface area contributed by atoms with Crippen LogP contribution in [0, 0.1) is 26.6 Å². The number of anilines is 7. The zero-order valence-electron chi connectivity index (χ0n) is 81.1. The molecule has 41 heteroatoms. The molecule has 0 bridgehead atoms. The molecule has 0 aliphatic carbocycles. The van der Waals surface area contributed by atoms with Crippen LogP contribution in [0.2, 0.25) is 0 Å². The van der Waals surface area contributed by atoms with Crippen molar-refractivity contribution in [3.8, 4) is 73.6 Å². The van der Waals surface area contributed by atoms with E-state index in [0.717, 1.165) is 97.0 Å². The van der Waals surface area contributed by atoms with Crippen molar-refractivity contribution in [3.05, 3.63) is 296 Å². The van der Waals surface area contributed by atoms with E-state index < -0.39 is 38.3 Å². The highest BCUT2D eigenvalue weighted by Gasteiger charge is 2.35. The molecule has 748 valence electrons. The predicted octanol–water partition coefficient (Wildman–Crippen LogP) is 14.9. The van der Waals surface area contributed by atoms with Crippen LogP contribution in [0.3, 0.4) is 0 Å². The van der Waals surface area contributed by atoms with E-state index >= 15 is 4.39 Å². The Balaban J connectivity index is 0.000000149. The third kappa shape index (κ3) is 23.9. The lowest BCUT2D eigenvalue weighted by molar-refractivity contribution is -0.138. The van der Waals surface area contributed by atoms with Crippen LogP contribution in [0.25, 0.3) is 101 Å². The molecule has 16 aromatic rings. The summed E-state index contributed by atoms with van der Waals surface area (Å²) >= 11 is 1.94. The Bertz CT molecular complexity index is 7730. The maximum Gasteiger partial charge on any atom is 0.416 e. The number of halogens is 4. The Hall–Kier alpha value is -14.6. The van der Waals surface area contributed by atoms with Gasteiger partial charge in [0.2, 0.25) is 27.9 Å². The number of hydrogen-bond acceptors (Lipinski definition) is 29. The van der Waals surface area contributed by atoms with Gasteiger partial charge in [0.25, 0.3) is 16.7 Å². The molecule has 6 N–H and O–H groups in total. The minimum Gasteiger partial charge on any atom is -0.490 e. The summed E-state index contributed by atoms with van der Waals surface area (Å²) < 4.78 is 108. The molecule has 20 rings (SSSR count). The van der Waals surface area contributed by atoms with Gasteiger partial charge in [-0.15, -0.1) is 0 Å². The molecule has 0 spiro atoms. The molecule has 4 aliphatic rings. The summed E-state index contributed by atoms with van der Waals surface area (Å²) in [5.74, 6) is 3.01. The van der Waals surface area contributed by atoms with Gasteiger partial charge in [-0.2, -0.15) is 39.9 Å². The monoisotopic (exact) mass is 2020 g/mol. The van der Waals surface area contributed by atoms with Crippen LogP contribution in [0.15, 0.2) is 240 Å². The standard InChI is InChI=1S/C36H31F3N8OS.C35H39N7O3S.C33H36FN11O3S.H2O/c1-22-18-41-32(29-9-5-6-14-40-29)44-31(22)27-17-25-19-42-35(43-26-12-10-23(11-13-26)30-21-46(2)15-16-49-30)45-33(25)47(34(27)48)20-24-7-3-4-8-28(24)36(37,38)39;1-24-30(14-15-32(37-24)25-8-6-5-7-9-25)31-22-26-23-36-35(39-33(26)42(34(31)43)21-20-41(3)46(4)44)38-27-10-12-28(13-11-27)45-29-16-18-40(2)19-17-29;1-20-19-43(13-10-36-20)29-5-4-23(15-27(29)34)41-33-39-16-22-14-25(26-17-38-30(40-21(26)2)28-18-35-8-9-37-28)32(46)45(31(22)42-33)24-6-11-44(12-7-24)49(3,47)48;/h3-14,17-19,30H,15-16,20-21H2,1-2H3,(H,42,43,45);5-15,22-23,29H,16-21H2,1-4H3,(H,36,38,39);4-5,8-9,14-18,20,24,36H,6-7,10-13,19H2,1-3H3,(H,39,41,42);1H2. The largest absolute Gasteiger partial charge is 0.490 e. The number of piperazine rings is 1. The summed E-state index contributed by atoms with van der Waals surface area (Å²) in [5, 5.41) is 15.1. The average molecular weight is 2020 g/mol. The first kappa shape index (κ1) is 102. The number of sulfonamides is 1. The smallest absolute Gasteiger partial charge is 0.416 e. The second kappa shape index (κ2) is 44.8. The molecule has 0 amide bonds. The van der Waals surface area contributed by atoms with E-state index in [2.05, 4.69) is 119 Å². The Labute approximate surface area is 840 Å². The van der Waals surface area contributed by atoms with Crippen molar-refractivity contribution in [2.24, 2.45) is 0 Å². The summed E-state index contributed by atoms with van der Waals surface area (Å²) in [6.07, 6.45) is 15.7. The van der Waals surface area contributed by atoms with E-state index in [0.29, 0.717) is 146 Å². The van der Waals surface area contributed by atoms with Crippen molar-refractivity contribution in [1.29, 1.82) is 0 Å². The summed E-state index contributed by atoms with van der Waals surface area (Å²) in [5.41, 5.74) is 10.4. The summed E-state index contributed by atoms with van der Waals surface area (Å²) in [7, 11) is 1.47. The molecule has 15 heterocycles. The number of pyridine rings is 5. The highest BCUT2D eigenvalue weighted by molar-refractivity contribution is 7.99. The molecule has 3 unspecified atom stereocenters. The number of likely N-dealkylation sites (N-methyl/N-ethyl adjacent to an activating group) is 2. The van der Waals surface area contributed by atoms with Gasteiger partial charge in [0.05, 0.1) is 63.7 Å². The lowest BCUT2D eigenvalue weighted by atomic mass is 10.0. The third-order valence-electron chi connectivity index (χ3n) is 25.8. The van der Waals surface area contributed by atoms with E-state index in [1.807, 2.05) is 109 Å². The quantitative estimate of drug-likeness (QED) is 0.0408. The Morgan fingerprint density at radius 3 is 1.80 bits per heavy atom. The molecule has 4 saturated heterocycles. The average Bonchev–Trinajstić information content (AvgIpc) is 0.765. The molecule has 5 aromatic carbocycles. The number of nitrogens with one attached hydrogen (secondary N) is 4. The fraction of sp³-hybridized carbons (Fsp3) is 0.298. The van der Waals surface area contributed by atoms with Crippen LogP contribution >= 0.6 is 11.8 Å². The summed E-state index contributed by atoms with van der Waals surface area (Å²) in [6.45, 7) is 14.7. The number of aromatic nitrogens is 17. The van der Waals surface area contributed by atoms with E-state index in [4.69, 9.17) is 19.7 Å². The first-order chi connectivity index (χ1) is 69.4. The minimum absolute atomic E-state index is 0. The highest BCUT2D eigenvalue weighted by Crippen LogP contribution is 2.39. The highest BCUT2D eigenvalue weighted by atomic mass is 32.2. The van der Waals surface area contributed by atoms with Crippen LogP contribution in [-0.4, -0.2) is 237 Å². The number of nitrogens with zero attached hydrogens (tertiary/aromatic N) is 22. The van der Waals surface area contributed by atoms with Crippen LogP contribution in [0.1, 0.15) is 77.5 Å². The van der Waals surface area contributed by atoms with E-state index in [-0.39, 0.29) is 88.9 Å². The molecular formula is C104H108F4N26O8S3. The van der Waals surface area contributed by atoms with Gasteiger partial charge < -0.3 is 46.2 Å². The first-order valence-electron chi connectivity index (χ1n) is 47.2. The van der Waals surface area contributed by atoms with Gasteiger partial charge in [-0.1, -0.05) is 72.8 Å². The third-order valence-corrected chi connectivity index (χ3v) is 29.4. The van der Waals surface area contributed by atoms with Crippen molar-refractivity contribution < 1.29 is 40.4 Å². The molecule has 3 atom stereocenters. The lowest BCUT2D eigenvalue weighted by Crippen LogP contribution is -2.49. The zero-order chi connectivity index (χ0) is 101. The van der Waals surface area contributed by atoms with Gasteiger partial charge in [0, 0.05) is 218 Å². The molecular weight excluding hydrogens is 1910 g/mol. The van der Waals surface area contributed by atoms with Gasteiger partial charge in [-0.25, -0.2) is 65.5 Å². The van der Waals surface area contributed by atoms with Crippen LogP contribution in [-0.2, 0) is 40.3 Å². The number of alkyl halides is 3. The number of hydrogen-bond donors (Lipinski definition) is 4. The minimum atomic E-state index is -4.62. The van der Waals surface area contributed by atoms with Gasteiger partial charge in [-0.3, -0.25) is 43.0 Å². The second-order valence-corrected chi connectivity index (χ2v) is 40.9. The fourth-order valence-corrected chi connectivity index (χ4v) is 20.7. The summed E-state index contributed by atoms with van der Waals surface area (Å²) in [6, 6.07) is 50.2. The molecule has 4 fully saturated rings. The zero-order valence-corrected chi connectivity index (χ0v) is 83.6. The number of ether oxygens (including phenoxy) is 1. The number of fused-ring (bicyclic) bond motifs is 3. The van der Waals surface area contributed by atoms with Crippen LogP contribution in [0.5, 0.6) is 5.75 Å². The van der Waals surface area contributed by atoms with Gasteiger partial charge in [-0.05, 0) is 188 Å². The van der Waals surface area contributed by atoms with Gasteiger partial charge >= 0.3 is 6.18 Å². The second-order valence-electron chi connectivity index (χ2n) is 36.1. The molecule has 34 nitrogen and oxygen atoms in total. The Morgan fingerprint density at radius 2 is 1.17 bits per heavy atom. The van der Waals surface area contributed by atoms with Gasteiger partial charge in [0.15, 0.2) is 11.6 Å². The van der Waals surface area contributed by atoms with Crippen molar-refractivity contribution in [2.45, 2.75) is 96.1 Å². The van der Waals surface area contributed by atoms with Crippen molar-refractivity contribution in [3.63, 3.8) is 0 Å². The molecule has 145 heavy (non-hydrogen) atoms. The number of benzene rings is 5. The lowest BCUT2D eigenvalue weighted by Gasteiger charge is -2.33. The normalized spacial score (nSPS) is 15.9. The molecule has 0 radical (unpaired) electrons. The topological polar surface area (TPSA) is 403 Å². The fourth-order valence-electron chi connectivity index (χ4n) is 18.0. The number of thioether (sulfide) groups is 1. The Kier molecular flexibility index (Phi) is 31.5. The molecule has 0 saturated carbocycles. The van der Waals surface area contributed by atoms with E-state index in [9.17, 15) is 40.2 Å². The van der Waals surface area contributed by atoms with Crippen LogP contribution in [0.4, 0.5) is 58.2 Å². The number of rotatable bonds is 24. The number of aryl methyl sites for hydroxylation is 3. The maximum atomic E-state index is 15.3. The Morgan fingerprint density at radius 1 is 0.559 bits per heavy atom. The van der Waals surface area contributed by atoms with E-state index in [1.165, 1.54) is 45.0 Å². The molecule has 11 aromatic heterocycles. The van der Waals surface area contributed by atoms with E-state index in [1.54, 1.807) is 139 Å². The SMILES string of the molecule is Cc1cnc(-c2ccccn2)nc1-c1cc2cnc(Nc3ccc(C4CN(C)CCS4)cc3)nc2n(Cc2ccccc2C(F)(F)F)c1=O.Cc1nc(-c2ccccc2)ccc1-c1cc2cnc(Nc3ccc(OC4CCN(C)CC4)cc3)nc2n(CCN(C)S(C)=O)c1=O.Cc1nc(-c2cnccn2)ncc1-c1cc2cnc(Nc3ccc(N4CCNC(C)C4)c(F)c3)nc2n(C2CCN(S(C)(=O)=O)CC2)c1=O.O. The van der Waals surface area contributed by atoms with Crippen molar-refractivity contribution >= 4 is 106 Å².